The first-order chi connectivity index (χ1) is 10.4. The molecule has 6 nitrogen and oxygen atoms in total. The Morgan fingerprint density at radius 1 is 1.00 bits per heavy atom. The first-order valence-electron chi connectivity index (χ1n) is 6.70. The van der Waals surface area contributed by atoms with E-state index in [9.17, 15) is 14.4 Å². The molecule has 1 aromatic carbocycles. The van der Waals surface area contributed by atoms with Gasteiger partial charge in [-0.05, 0) is 18.6 Å². The molecule has 0 spiro atoms. The number of amides is 2. The lowest BCUT2D eigenvalue weighted by molar-refractivity contribution is -0.119. The van der Waals surface area contributed by atoms with E-state index in [2.05, 4.69) is 0 Å². The number of imide groups is 1. The molecular formula is C16H14N2O4. The van der Waals surface area contributed by atoms with E-state index in [1.807, 2.05) is 0 Å². The smallest absolute Gasteiger partial charge is 0.336 e. The normalized spacial score (nSPS) is 14.2. The fourth-order valence-electron chi connectivity index (χ4n) is 2.52. The van der Waals surface area contributed by atoms with Crippen LogP contribution in [0.25, 0.3) is 11.0 Å². The quantitative estimate of drug-likeness (QED) is 0.622. The second-order valence-electron chi connectivity index (χ2n) is 5.33. The van der Waals surface area contributed by atoms with E-state index >= 15 is 0 Å². The molecule has 2 aromatic rings. The number of hydrogen-bond donors (Lipinski definition) is 0. The van der Waals surface area contributed by atoms with E-state index in [1.54, 1.807) is 38.1 Å². The van der Waals surface area contributed by atoms with Gasteiger partial charge in [0.15, 0.2) is 0 Å². The molecule has 0 N–H and O–H groups in total. The minimum absolute atomic E-state index is 0.387. The number of aryl methyl sites for hydroxylation is 1. The van der Waals surface area contributed by atoms with Crippen molar-refractivity contribution in [1.82, 2.24) is 0 Å². The molecule has 0 fully saturated rings. The standard InChI is InChI=1S/C16H14N2O4/c1-9-6-16(21)22-13-8-11(17(2)3)12(7-10(9)13)18-14(19)4-5-15(18)20/h4-8H,1-3H3. The zero-order valence-corrected chi connectivity index (χ0v) is 12.4. The third kappa shape index (κ3) is 2.09. The second-order valence-corrected chi connectivity index (χ2v) is 5.33. The van der Waals surface area contributed by atoms with Gasteiger partial charge in [-0.2, -0.15) is 0 Å². The Balaban J connectivity index is 2.33. The number of nitrogens with zero attached hydrogens (tertiary/aromatic N) is 2. The Bertz CT molecular complexity index is 875. The molecular weight excluding hydrogens is 284 g/mol. The third-order valence-corrected chi connectivity index (χ3v) is 3.58. The van der Waals surface area contributed by atoms with Crippen molar-refractivity contribution < 1.29 is 14.0 Å². The van der Waals surface area contributed by atoms with Crippen molar-refractivity contribution in [2.24, 2.45) is 0 Å². The van der Waals surface area contributed by atoms with Crippen molar-refractivity contribution in [2.45, 2.75) is 6.92 Å². The number of hydrogen-bond acceptors (Lipinski definition) is 5. The van der Waals surface area contributed by atoms with E-state index < -0.39 is 5.63 Å². The maximum atomic E-state index is 12.0. The van der Waals surface area contributed by atoms with Crippen LogP contribution < -0.4 is 15.4 Å². The maximum absolute atomic E-state index is 12.0. The average Bonchev–Trinajstić information content (AvgIpc) is 2.77. The molecule has 2 heterocycles. The van der Waals surface area contributed by atoms with Gasteiger partial charge in [0.25, 0.3) is 11.8 Å². The van der Waals surface area contributed by atoms with Crippen LogP contribution in [0.3, 0.4) is 0 Å². The van der Waals surface area contributed by atoms with Gasteiger partial charge in [0.05, 0.1) is 11.4 Å². The van der Waals surface area contributed by atoms with Gasteiger partial charge >= 0.3 is 5.63 Å². The van der Waals surface area contributed by atoms with Gasteiger partial charge in [0.2, 0.25) is 0 Å². The third-order valence-electron chi connectivity index (χ3n) is 3.58. The fourth-order valence-corrected chi connectivity index (χ4v) is 2.52. The van der Waals surface area contributed by atoms with Gasteiger partial charge in [-0.3, -0.25) is 9.59 Å². The molecule has 0 saturated heterocycles. The van der Waals surface area contributed by atoms with E-state index in [0.29, 0.717) is 22.3 Å². The van der Waals surface area contributed by atoms with Crippen molar-refractivity contribution in [1.29, 1.82) is 0 Å². The van der Waals surface area contributed by atoms with Crippen molar-refractivity contribution in [3.8, 4) is 0 Å². The monoisotopic (exact) mass is 298 g/mol. The first-order valence-corrected chi connectivity index (χ1v) is 6.70. The molecule has 1 aliphatic rings. The highest BCUT2D eigenvalue weighted by Gasteiger charge is 2.28. The molecule has 0 saturated carbocycles. The Morgan fingerprint density at radius 3 is 2.23 bits per heavy atom. The zero-order valence-electron chi connectivity index (χ0n) is 12.4. The Hall–Kier alpha value is -2.89. The summed E-state index contributed by atoms with van der Waals surface area (Å²) in [4.78, 5) is 38.3. The summed E-state index contributed by atoms with van der Waals surface area (Å²) in [6, 6.07) is 4.75. The summed E-state index contributed by atoms with van der Waals surface area (Å²) >= 11 is 0. The Morgan fingerprint density at radius 2 is 1.64 bits per heavy atom. The Labute approximate surface area is 126 Å². The fraction of sp³-hybridized carbons (Fsp3) is 0.188. The van der Waals surface area contributed by atoms with Gasteiger partial charge < -0.3 is 9.32 Å². The van der Waals surface area contributed by atoms with Crippen LogP contribution in [0.5, 0.6) is 0 Å². The minimum Gasteiger partial charge on any atom is -0.423 e. The molecule has 0 bridgehead atoms. The molecule has 0 unspecified atom stereocenters. The van der Waals surface area contributed by atoms with Crippen LogP contribution >= 0.6 is 0 Å². The maximum Gasteiger partial charge on any atom is 0.336 e. The van der Waals surface area contributed by atoms with E-state index in [-0.39, 0.29) is 11.8 Å². The lowest BCUT2D eigenvalue weighted by Gasteiger charge is -2.23. The van der Waals surface area contributed by atoms with E-state index in [1.165, 1.54) is 18.2 Å². The summed E-state index contributed by atoms with van der Waals surface area (Å²) in [6.07, 6.45) is 2.48. The van der Waals surface area contributed by atoms with Crippen LogP contribution in [0.2, 0.25) is 0 Å². The van der Waals surface area contributed by atoms with Crippen LogP contribution in [-0.2, 0) is 9.59 Å². The van der Waals surface area contributed by atoms with Crippen molar-refractivity contribution in [2.75, 3.05) is 23.9 Å². The molecule has 2 amide bonds. The van der Waals surface area contributed by atoms with Crippen LogP contribution in [0.15, 0.2) is 39.6 Å². The SMILES string of the molecule is Cc1cc(=O)oc2cc(N(C)C)c(N3C(=O)C=CC3=O)cc12. The summed E-state index contributed by atoms with van der Waals surface area (Å²) < 4.78 is 5.22. The molecule has 1 aromatic heterocycles. The number of benzene rings is 1. The van der Waals surface area contributed by atoms with Gasteiger partial charge in [-0.25, -0.2) is 9.69 Å². The first kappa shape index (κ1) is 14.1. The molecule has 112 valence electrons. The van der Waals surface area contributed by atoms with Crippen molar-refractivity contribution >= 4 is 34.2 Å². The minimum atomic E-state index is -0.433. The number of fused-ring (bicyclic) bond motifs is 1. The molecule has 22 heavy (non-hydrogen) atoms. The predicted octanol–water partition coefficient (Wildman–Crippen LogP) is 1.60. The zero-order chi connectivity index (χ0) is 16.0. The lowest BCUT2D eigenvalue weighted by atomic mass is 10.1. The summed E-state index contributed by atoms with van der Waals surface area (Å²) in [5, 5.41) is 0.688. The molecule has 0 atom stereocenters. The van der Waals surface area contributed by atoms with Crippen LogP contribution in [0.4, 0.5) is 11.4 Å². The largest absolute Gasteiger partial charge is 0.423 e. The highest BCUT2D eigenvalue weighted by Crippen LogP contribution is 2.35. The summed E-state index contributed by atoms with van der Waals surface area (Å²) in [5.74, 6) is -0.773. The van der Waals surface area contributed by atoms with E-state index in [4.69, 9.17) is 4.42 Å². The number of carbonyl (C=O) groups is 2. The van der Waals surface area contributed by atoms with Gasteiger partial charge in [-0.1, -0.05) is 0 Å². The van der Waals surface area contributed by atoms with E-state index in [0.717, 1.165) is 10.5 Å². The molecule has 0 radical (unpaired) electrons. The van der Waals surface area contributed by atoms with Crippen LogP contribution in [0, 0.1) is 6.92 Å². The predicted molar refractivity (Wildman–Crippen MR) is 83.2 cm³/mol. The Kier molecular flexibility index (Phi) is 3.09. The number of anilines is 2. The molecule has 0 aliphatic carbocycles. The summed E-state index contributed by atoms with van der Waals surface area (Å²) in [5.41, 5.74) is 1.80. The highest BCUT2D eigenvalue weighted by molar-refractivity contribution is 6.29. The topological polar surface area (TPSA) is 70.8 Å². The molecule has 1 aliphatic heterocycles. The van der Waals surface area contributed by atoms with Gasteiger partial charge in [-0.15, -0.1) is 0 Å². The van der Waals surface area contributed by atoms with Crippen LogP contribution in [0.1, 0.15) is 5.56 Å². The molecule has 3 rings (SSSR count). The van der Waals surface area contributed by atoms with Crippen LogP contribution in [-0.4, -0.2) is 25.9 Å². The van der Waals surface area contributed by atoms with Gasteiger partial charge in [0.1, 0.15) is 5.58 Å². The highest BCUT2D eigenvalue weighted by atomic mass is 16.4. The summed E-state index contributed by atoms with van der Waals surface area (Å²) in [7, 11) is 3.58. The molecule has 6 heteroatoms. The van der Waals surface area contributed by atoms with Crippen molar-refractivity contribution in [3.05, 3.63) is 46.3 Å². The van der Waals surface area contributed by atoms with Gasteiger partial charge in [0, 0.05) is 43.8 Å². The lowest BCUT2D eigenvalue weighted by Crippen LogP contribution is -2.31. The second kappa shape index (κ2) is 4.84. The summed E-state index contributed by atoms with van der Waals surface area (Å²) in [6.45, 7) is 1.78. The number of rotatable bonds is 2. The average molecular weight is 298 g/mol. The number of carbonyl (C=O) groups excluding carboxylic acids is 2. The van der Waals surface area contributed by atoms with Crippen molar-refractivity contribution in [3.63, 3.8) is 0 Å².